The van der Waals surface area contributed by atoms with Gasteiger partial charge in [-0.25, -0.2) is 0 Å². The summed E-state index contributed by atoms with van der Waals surface area (Å²) in [5, 5.41) is 5.76. The van der Waals surface area contributed by atoms with Crippen molar-refractivity contribution in [2.24, 2.45) is 18.7 Å². The van der Waals surface area contributed by atoms with Crippen LogP contribution in [0.5, 0.6) is 0 Å². The highest BCUT2D eigenvalue weighted by Crippen LogP contribution is 2.33. The molecule has 104 valence electrons. The monoisotopic (exact) mass is 276 g/mol. The molecule has 0 aromatic carbocycles. The molecule has 1 aromatic heterocycles. The number of alkyl halides is 3. The maximum atomic E-state index is 12.6. The van der Waals surface area contributed by atoms with Crippen molar-refractivity contribution in [3.8, 4) is 0 Å². The van der Waals surface area contributed by atoms with Crippen molar-refractivity contribution in [3.63, 3.8) is 0 Å². The summed E-state index contributed by atoms with van der Waals surface area (Å²) < 4.78 is 38.7. The van der Waals surface area contributed by atoms with Gasteiger partial charge in [0, 0.05) is 25.2 Å². The van der Waals surface area contributed by atoms with Gasteiger partial charge in [-0.3, -0.25) is 14.3 Å². The second kappa shape index (κ2) is 4.25. The molecular weight excluding hydrogens is 265 g/mol. The van der Waals surface area contributed by atoms with Crippen molar-refractivity contribution in [2.75, 3.05) is 6.54 Å². The highest BCUT2D eigenvalue weighted by atomic mass is 19.4. The number of nitrogens with two attached hydrogens (primary N) is 1. The SMILES string of the molecule is Cn1nc(C(F)(F)F)cc1C1CNC(=O)C1C(N)=O. The Bertz CT molecular complexity index is 537. The molecule has 2 rings (SSSR count). The molecule has 2 unspecified atom stereocenters. The fraction of sp³-hybridized carbons (Fsp3) is 0.500. The van der Waals surface area contributed by atoms with Gasteiger partial charge in [-0.05, 0) is 6.07 Å². The fourth-order valence-electron chi connectivity index (χ4n) is 2.19. The van der Waals surface area contributed by atoms with Gasteiger partial charge in [0.25, 0.3) is 0 Å². The molecule has 19 heavy (non-hydrogen) atoms. The number of halogens is 3. The third-order valence-corrected chi connectivity index (χ3v) is 3.07. The summed E-state index contributed by atoms with van der Waals surface area (Å²) in [6.07, 6.45) is -4.58. The molecule has 0 bridgehead atoms. The Morgan fingerprint density at radius 2 is 2.21 bits per heavy atom. The van der Waals surface area contributed by atoms with Crippen molar-refractivity contribution in [1.29, 1.82) is 0 Å². The van der Waals surface area contributed by atoms with Gasteiger partial charge in [-0.2, -0.15) is 18.3 Å². The molecule has 1 aliphatic rings. The summed E-state index contributed by atoms with van der Waals surface area (Å²) in [5.74, 6) is -3.35. The molecule has 2 atom stereocenters. The normalized spacial score (nSPS) is 23.5. The molecule has 0 radical (unpaired) electrons. The Kier molecular flexibility index (Phi) is 2.99. The maximum Gasteiger partial charge on any atom is 0.435 e. The number of aryl methyl sites for hydroxylation is 1. The lowest BCUT2D eigenvalue weighted by Crippen LogP contribution is -2.33. The first-order chi connectivity index (χ1) is 8.71. The van der Waals surface area contributed by atoms with Gasteiger partial charge in [0.2, 0.25) is 11.8 Å². The van der Waals surface area contributed by atoms with Crippen LogP contribution in [-0.4, -0.2) is 28.1 Å². The molecule has 2 heterocycles. The topological polar surface area (TPSA) is 90.0 Å². The Morgan fingerprint density at radius 1 is 1.58 bits per heavy atom. The molecule has 6 nitrogen and oxygen atoms in total. The zero-order valence-electron chi connectivity index (χ0n) is 9.86. The van der Waals surface area contributed by atoms with E-state index in [0.717, 1.165) is 10.7 Å². The van der Waals surface area contributed by atoms with Gasteiger partial charge in [0.1, 0.15) is 5.92 Å². The van der Waals surface area contributed by atoms with Crippen molar-refractivity contribution >= 4 is 11.8 Å². The third kappa shape index (κ3) is 2.27. The Labute approximate surface area is 105 Å². The van der Waals surface area contributed by atoms with Crippen LogP contribution >= 0.6 is 0 Å². The van der Waals surface area contributed by atoms with E-state index in [4.69, 9.17) is 5.73 Å². The summed E-state index contributed by atoms with van der Waals surface area (Å²) in [6.45, 7) is 0.0588. The number of nitrogens with one attached hydrogen (secondary N) is 1. The minimum Gasteiger partial charge on any atom is -0.369 e. The number of aromatic nitrogens is 2. The van der Waals surface area contributed by atoms with Gasteiger partial charge in [0.15, 0.2) is 5.69 Å². The predicted octanol–water partition coefficient (Wildman–Crippen LogP) is -0.246. The van der Waals surface area contributed by atoms with Gasteiger partial charge in [-0.1, -0.05) is 0 Å². The minimum atomic E-state index is -4.58. The lowest BCUT2D eigenvalue weighted by Gasteiger charge is -2.13. The molecule has 1 aliphatic heterocycles. The molecule has 9 heteroatoms. The van der Waals surface area contributed by atoms with Crippen LogP contribution in [0.1, 0.15) is 17.3 Å². The van der Waals surface area contributed by atoms with Gasteiger partial charge in [-0.15, -0.1) is 0 Å². The second-order valence-corrected chi connectivity index (χ2v) is 4.31. The average Bonchev–Trinajstić information content (AvgIpc) is 2.80. The van der Waals surface area contributed by atoms with Crippen LogP contribution in [0.4, 0.5) is 13.2 Å². The highest BCUT2D eigenvalue weighted by molar-refractivity contribution is 6.02. The molecule has 0 saturated carbocycles. The molecule has 3 N–H and O–H groups in total. The van der Waals surface area contributed by atoms with Crippen LogP contribution in [0.25, 0.3) is 0 Å². The number of primary amides is 1. The summed E-state index contributed by atoms with van der Waals surface area (Å²) in [6, 6.07) is 0.834. The number of hydrogen-bond donors (Lipinski definition) is 2. The van der Waals surface area contributed by atoms with Crippen molar-refractivity contribution in [2.45, 2.75) is 12.1 Å². The number of nitrogens with zero attached hydrogens (tertiary/aromatic N) is 2. The van der Waals surface area contributed by atoms with E-state index in [1.165, 1.54) is 7.05 Å². The Hall–Kier alpha value is -2.06. The van der Waals surface area contributed by atoms with Crippen molar-refractivity contribution < 1.29 is 22.8 Å². The maximum absolute atomic E-state index is 12.6. The van der Waals surface area contributed by atoms with Crippen molar-refractivity contribution in [3.05, 3.63) is 17.5 Å². The molecular formula is C10H11F3N4O2. The molecule has 1 saturated heterocycles. The van der Waals surface area contributed by atoms with Crippen LogP contribution in [0.2, 0.25) is 0 Å². The van der Waals surface area contributed by atoms with E-state index < -0.39 is 35.5 Å². The first kappa shape index (κ1) is 13.4. The number of carbonyl (C=O) groups excluding carboxylic acids is 2. The van der Waals surface area contributed by atoms with E-state index in [9.17, 15) is 22.8 Å². The molecule has 0 spiro atoms. The Balaban J connectivity index is 2.40. The number of amides is 2. The van der Waals surface area contributed by atoms with Crippen LogP contribution in [0.3, 0.4) is 0 Å². The van der Waals surface area contributed by atoms with E-state index >= 15 is 0 Å². The average molecular weight is 276 g/mol. The van der Waals surface area contributed by atoms with Crippen LogP contribution in [0.15, 0.2) is 6.07 Å². The van der Waals surface area contributed by atoms with Crippen molar-refractivity contribution in [1.82, 2.24) is 15.1 Å². The quantitative estimate of drug-likeness (QED) is 0.730. The standard InChI is InChI=1S/C10H11F3N4O2/c1-17-5(2-6(16-17)10(11,12)13)4-3-15-9(19)7(4)8(14)18/h2,4,7H,3H2,1H3,(H2,14,18)(H,15,19). The zero-order chi connectivity index (χ0) is 14.4. The highest BCUT2D eigenvalue weighted by Gasteiger charge is 2.43. The van der Waals surface area contributed by atoms with Crippen LogP contribution in [-0.2, 0) is 22.8 Å². The fourth-order valence-corrected chi connectivity index (χ4v) is 2.19. The summed E-state index contributed by atoms with van der Waals surface area (Å²) >= 11 is 0. The zero-order valence-corrected chi connectivity index (χ0v) is 9.86. The number of carbonyl (C=O) groups is 2. The van der Waals surface area contributed by atoms with Gasteiger partial charge >= 0.3 is 6.18 Å². The number of hydrogen-bond acceptors (Lipinski definition) is 3. The van der Waals surface area contributed by atoms with E-state index in [1.807, 2.05) is 0 Å². The van der Waals surface area contributed by atoms with E-state index in [-0.39, 0.29) is 12.2 Å². The molecule has 2 amide bonds. The lowest BCUT2D eigenvalue weighted by molar-refractivity contribution is -0.141. The minimum absolute atomic E-state index is 0.0588. The number of rotatable bonds is 2. The van der Waals surface area contributed by atoms with Crippen LogP contribution in [0, 0.1) is 5.92 Å². The second-order valence-electron chi connectivity index (χ2n) is 4.31. The first-order valence-corrected chi connectivity index (χ1v) is 5.40. The van der Waals surface area contributed by atoms with Gasteiger partial charge in [0.05, 0.1) is 0 Å². The third-order valence-electron chi connectivity index (χ3n) is 3.07. The Morgan fingerprint density at radius 3 is 2.68 bits per heavy atom. The lowest BCUT2D eigenvalue weighted by atomic mass is 9.91. The van der Waals surface area contributed by atoms with E-state index in [1.54, 1.807) is 0 Å². The molecule has 1 aromatic rings. The predicted molar refractivity (Wildman–Crippen MR) is 56.6 cm³/mol. The largest absolute Gasteiger partial charge is 0.435 e. The van der Waals surface area contributed by atoms with Gasteiger partial charge < -0.3 is 11.1 Å². The van der Waals surface area contributed by atoms with E-state index in [0.29, 0.717) is 0 Å². The van der Waals surface area contributed by atoms with E-state index in [2.05, 4.69) is 10.4 Å². The molecule has 0 aliphatic carbocycles. The smallest absolute Gasteiger partial charge is 0.369 e. The summed E-state index contributed by atoms with van der Waals surface area (Å²) in [7, 11) is 1.32. The molecule has 1 fully saturated rings. The van der Waals surface area contributed by atoms with Crippen LogP contribution < -0.4 is 11.1 Å². The summed E-state index contributed by atoms with van der Waals surface area (Å²) in [4.78, 5) is 22.7. The first-order valence-electron chi connectivity index (χ1n) is 5.40. The summed E-state index contributed by atoms with van der Waals surface area (Å²) in [5.41, 5.74) is 4.19.